The SMILES string of the molecule is O=C(O)[C@@H]1CCN(C(=O)C2(c3ccccc3F)CC2)C1. The summed E-state index contributed by atoms with van der Waals surface area (Å²) in [4.78, 5) is 25.2. The number of carboxylic acid groups (broad SMARTS) is 1. The van der Waals surface area contributed by atoms with Crippen molar-refractivity contribution in [3.63, 3.8) is 0 Å². The smallest absolute Gasteiger partial charge is 0.308 e. The first-order valence-corrected chi connectivity index (χ1v) is 6.82. The lowest BCUT2D eigenvalue weighted by Gasteiger charge is -2.23. The number of amides is 1. The Labute approximate surface area is 116 Å². The number of likely N-dealkylation sites (tertiary alicyclic amines) is 1. The first kappa shape index (κ1) is 13.1. The van der Waals surface area contributed by atoms with Gasteiger partial charge in [-0.15, -0.1) is 0 Å². The van der Waals surface area contributed by atoms with Gasteiger partial charge in [0.2, 0.25) is 5.91 Å². The van der Waals surface area contributed by atoms with Crippen LogP contribution in [0.15, 0.2) is 24.3 Å². The predicted octanol–water partition coefficient (Wildman–Crippen LogP) is 1.79. The molecule has 1 atom stereocenters. The molecule has 106 valence electrons. The summed E-state index contributed by atoms with van der Waals surface area (Å²) in [5.74, 6) is -1.83. The van der Waals surface area contributed by atoms with E-state index in [1.54, 1.807) is 23.1 Å². The third kappa shape index (κ3) is 1.97. The van der Waals surface area contributed by atoms with Gasteiger partial charge < -0.3 is 10.0 Å². The van der Waals surface area contributed by atoms with E-state index >= 15 is 0 Å². The molecule has 0 aromatic heterocycles. The van der Waals surface area contributed by atoms with E-state index in [9.17, 15) is 14.0 Å². The van der Waals surface area contributed by atoms with E-state index in [0.29, 0.717) is 31.4 Å². The predicted molar refractivity (Wildman–Crippen MR) is 69.6 cm³/mol. The van der Waals surface area contributed by atoms with Gasteiger partial charge in [0.15, 0.2) is 0 Å². The molecule has 5 heteroatoms. The molecule has 1 aliphatic carbocycles. The van der Waals surface area contributed by atoms with E-state index < -0.39 is 17.3 Å². The molecule has 1 saturated carbocycles. The number of hydrogen-bond acceptors (Lipinski definition) is 2. The van der Waals surface area contributed by atoms with Crippen LogP contribution in [0.3, 0.4) is 0 Å². The molecule has 1 heterocycles. The highest BCUT2D eigenvalue weighted by atomic mass is 19.1. The molecule has 1 aromatic rings. The monoisotopic (exact) mass is 277 g/mol. The van der Waals surface area contributed by atoms with Crippen molar-refractivity contribution in [1.82, 2.24) is 4.90 Å². The second-order valence-electron chi connectivity index (χ2n) is 5.64. The van der Waals surface area contributed by atoms with Crippen molar-refractivity contribution in [2.24, 2.45) is 5.92 Å². The van der Waals surface area contributed by atoms with Crippen LogP contribution in [0.4, 0.5) is 4.39 Å². The van der Waals surface area contributed by atoms with Crippen LogP contribution in [-0.4, -0.2) is 35.0 Å². The van der Waals surface area contributed by atoms with Gasteiger partial charge in [0, 0.05) is 18.7 Å². The summed E-state index contributed by atoms with van der Waals surface area (Å²) in [6.07, 6.45) is 1.76. The van der Waals surface area contributed by atoms with Crippen LogP contribution < -0.4 is 0 Å². The third-order valence-electron chi connectivity index (χ3n) is 4.37. The fourth-order valence-electron chi connectivity index (χ4n) is 3.02. The Morgan fingerprint density at radius 3 is 2.55 bits per heavy atom. The first-order valence-electron chi connectivity index (χ1n) is 6.82. The van der Waals surface area contributed by atoms with Crippen LogP contribution in [-0.2, 0) is 15.0 Å². The largest absolute Gasteiger partial charge is 0.481 e. The Kier molecular flexibility index (Phi) is 3.00. The topological polar surface area (TPSA) is 57.6 Å². The lowest BCUT2D eigenvalue weighted by molar-refractivity contribution is -0.141. The highest BCUT2D eigenvalue weighted by Gasteiger charge is 2.55. The van der Waals surface area contributed by atoms with Gasteiger partial charge in [-0.2, -0.15) is 0 Å². The lowest BCUT2D eigenvalue weighted by Crippen LogP contribution is -2.38. The zero-order valence-electron chi connectivity index (χ0n) is 11.0. The number of carbonyl (C=O) groups excluding carboxylic acids is 1. The fraction of sp³-hybridized carbons (Fsp3) is 0.467. The van der Waals surface area contributed by atoms with Gasteiger partial charge in [0.25, 0.3) is 0 Å². The van der Waals surface area contributed by atoms with Crippen molar-refractivity contribution in [3.8, 4) is 0 Å². The van der Waals surface area contributed by atoms with Crippen LogP contribution in [0, 0.1) is 11.7 Å². The van der Waals surface area contributed by atoms with Crippen molar-refractivity contribution >= 4 is 11.9 Å². The van der Waals surface area contributed by atoms with E-state index in [1.807, 2.05) is 0 Å². The normalized spacial score (nSPS) is 23.6. The fourth-order valence-corrected chi connectivity index (χ4v) is 3.02. The van der Waals surface area contributed by atoms with E-state index in [0.717, 1.165) is 0 Å². The maximum atomic E-state index is 13.9. The number of nitrogens with zero attached hydrogens (tertiary/aromatic N) is 1. The highest BCUT2D eigenvalue weighted by molar-refractivity contribution is 5.92. The van der Waals surface area contributed by atoms with Gasteiger partial charge in [-0.3, -0.25) is 9.59 Å². The van der Waals surface area contributed by atoms with Crippen molar-refractivity contribution in [2.45, 2.75) is 24.7 Å². The Morgan fingerprint density at radius 1 is 1.30 bits per heavy atom. The second-order valence-corrected chi connectivity index (χ2v) is 5.64. The molecule has 0 bridgehead atoms. The first-order chi connectivity index (χ1) is 9.54. The number of halogens is 1. The zero-order chi connectivity index (χ0) is 14.3. The average molecular weight is 277 g/mol. The number of benzene rings is 1. The number of carbonyl (C=O) groups is 2. The summed E-state index contributed by atoms with van der Waals surface area (Å²) in [7, 11) is 0. The summed E-state index contributed by atoms with van der Waals surface area (Å²) in [6.45, 7) is 0.691. The Morgan fingerprint density at radius 2 is 2.00 bits per heavy atom. The Bertz CT molecular complexity index is 568. The van der Waals surface area contributed by atoms with Gasteiger partial charge in [-0.25, -0.2) is 4.39 Å². The zero-order valence-corrected chi connectivity index (χ0v) is 11.0. The molecule has 1 saturated heterocycles. The molecule has 20 heavy (non-hydrogen) atoms. The number of hydrogen-bond donors (Lipinski definition) is 1. The molecule has 4 nitrogen and oxygen atoms in total. The molecule has 2 aliphatic rings. The van der Waals surface area contributed by atoms with Gasteiger partial charge in [-0.1, -0.05) is 18.2 Å². The van der Waals surface area contributed by atoms with Crippen LogP contribution in [0.2, 0.25) is 0 Å². The molecule has 1 N–H and O–H groups in total. The van der Waals surface area contributed by atoms with Gasteiger partial charge >= 0.3 is 5.97 Å². The van der Waals surface area contributed by atoms with Gasteiger partial charge in [0.1, 0.15) is 5.82 Å². The summed E-state index contributed by atoms with van der Waals surface area (Å²) in [5.41, 5.74) is -0.303. The van der Waals surface area contributed by atoms with E-state index in [1.165, 1.54) is 6.07 Å². The maximum absolute atomic E-state index is 13.9. The molecule has 1 amide bonds. The minimum absolute atomic E-state index is 0.119. The van der Waals surface area contributed by atoms with E-state index in [4.69, 9.17) is 5.11 Å². The van der Waals surface area contributed by atoms with Crippen LogP contribution >= 0.6 is 0 Å². The van der Waals surface area contributed by atoms with Crippen molar-refractivity contribution in [3.05, 3.63) is 35.6 Å². The quantitative estimate of drug-likeness (QED) is 0.916. The molecule has 1 aliphatic heterocycles. The van der Waals surface area contributed by atoms with Gasteiger partial charge in [-0.05, 0) is 25.3 Å². The van der Waals surface area contributed by atoms with Crippen molar-refractivity contribution in [2.75, 3.05) is 13.1 Å². The lowest BCUT2D eigenvalue weighted by atomic mass is 9.94. The molecule has 2 fully saturated rings. The molecule has 0 unspecified atom stereocenters. The van der Waals surface area contributed by atoms with E-state index in [-0.39, 0.29) is 18.3 Å². The molecular formula is C15H16FNO3. The van der Waals surface area contributed by atoms with Crippen LogP contribution in [0.5, 0.6) is 0 Å². The number of carboxylic acids is 1. The summed E-state index contributed by atoms with van der Waals surface area (Å²) in [6, 6.07) is 6.36. The number of rotatable bonds is 3. The molecule has 0 spiro atoms. The highest BCUT2D eigenvalue weighted by Crippen LogP contribution is 2.50. The summed E-state index contributed by atoms with van der Waals surface area (Å²) in [5, 5.41) is 8.99. The maximum Gasteiger partial charge on any atom is 0.308 e. The molecular weight excluding hydrogens is 261 g/mol. The van der Waals surface area contributed by atoms with Crippen LogP contribution in [0.1, 0.15) is 24.8 Å². The second kappa shape index (κ2) is 4.58. The van der Waals surface area contributed by atoms with Crippen molar-refractivity contribution in [1.29, 1.82) is 0 Å². The molecule has 3 rings (SSSR count). The van der Waals surface area contributed by atoms with Gasteiger partial charge in [0.05, 0.1) is 11.3 Å². The Hall–Kier alpha value is -1.91. The standard InChI is InChI=1S/C15H16FNO3/c16-12-4-2-1-3-11(12)15(6-7-15)14(20)17-8-5-10(9-17)13(18)19/h1-4,10H,5-9H2,(H,18,19)/t10-/m1/s1. The minimum atomic E-state index is -0.865. The van der Waals surface area contributed by atoms with Crippen molar-refractivity contribution < 1.29 is 19.1 Å². The Balaban J connectivity index is 1.81. The molecule has 0 radical (unpaired) electrons. The third-order valence-corrected chi connectivity index (χ3v) is 4.37. The summed E-state index contributed by atoms with van der Waals surface area (Å²) < 4.78 is 13.9. The van der Waals surface area contributed by atoms with Crippen LogP contribution in [0.25, 0.3) is 0 Å². The molecule has 1 aromatic carbocycles. The average Bonchev–Trinajstić information content (AvgIpc) is 3.07. The summed E-state index contributed by atoms with van der Waals surface area (Å²) >= 11 is 0. The minimum Gasteiger partial charge on any atom is -0.481 e. The number of aliphatic carboxylic acids is 1. The van der Waals surface area contributed by atoms with E-state index in [2.05, 4.69) is 0 Å².